The summed E-state index contributed by atoms with van der Waals surface area (Å²) in [6.07, 6.45) is 3.25. The fraction of sp³-hybridized carbons (Fsp3) is 0.400. The molecule has 34 heavy (non-hydrogen) atoms. The first-order chi connectivity index (χ1) is 16.2. The van der Waals surface area contributed by atoms with Crippen LogP contribution in [0.15, 0.2) is 59.5 Å². The minimum atomic E-state index is -3.90. The van der Waals surface area contributed by atoms with Crippen LogP contribution in [-0.2, 0) is 10.0 Å². The largest absolute Gasteiger partial charge is 0.487 e. The number of allylic oxidation sites excluding steroid dienone is 1. The molecule has 0 aromatic heterocycles. The number of aliphatic hydroxyl groups is 1. The van der Waals surface area contributed by atoms with Crippen molar-refractivity contribution in [1.29, 1.82) is 0 Å². The average molecular weight is 488 g/mol. The van der Waals surface area contributed by atoms with Crippen LogP contribution < -0.4 is 10.1 Å². The standard InChI is InChI=1S/C25H33N3O5S/c1-5-9-20-12-13-24-22(14-20)33-23(18(2)15-28(19(3)17-29)34(24,31)32)16-27(4)25(30)26-21-10-7-6-8-11-21/h5-14,18-19,23,29H,15-17H2,1-4H3,(H,26,30)/b9-5+/t18-,19-,23+/m0/s1. The number of benzene rings is 2. The molecule has 2 aromatic rings. The lowest BCUT2D eigenvalue weighted by Crippen LogP contribution is -2.50. The topological polar surface area (TPSA) is 99.2 Å². The maximum Gasteiger partial charge on any atom is 0.321 e. The summed E-state index contributed by atoms with van der Waals surface area (Å²) in [6.45, 7) is 5.54. The molecule has 0 aliphatic carbocycles. The van der Waals surface area contributed by atoms with Gasteiger partial charge in [-0.15, -0.1) is 0 Å². The second-order valence-electron chi connectivity index (χ2n) is 8.62. The number of nitrogens with one attached hydrogen (secondary N) is 1. The number of para-hydroxylation sites is 1. The van der Waals surface area contributed by atoms with Crippen molar-refractivity contribution >= 4 is 27.8 Å². The average Bonchev–Trinajstić information content (AvgIpc) is 2.81. The molecule has 3 atom stereocenters. The second-order valence-corrected chi connectivity index (χ2v) is 10.5. The lowest BCUT2D eigenvalue weighted by atomic mass is 10.0. The normalized spacial score (nSPS) is 21.1. The van der Waals surface area contributed by atoms with Gasteiger partial charge in [0, 0.05) is 31.2 Å². The summed E-state index contributed by atoms with van der Waals surface area (Å²) in [5.41, 5.74) is 1.49. The van der Waals surface area contributed by atoms with Gasteiger partial charge in [-0.1, -0.05) is 43.3 Å². The lowest BCUT2D eigenvalue weighted by molar-refractivity contribution is 0.0830. The summed E-state index contributed by atoms with van der Waals surface area (Å²) in [7, 11) is -2.22. The highest BCUT2D eigenvalue weighted by Gasteiger charge is 2.38. The van der Waals surface area contributed by atoms with Crippen molar-refractivity contribution in [3.05, 3.63) is 60.2 Å². The van der Waals surface area contributed by atoms with Crippen molar-refractivity contribution < 1.29 is 23.1 Å². The molecule has 1 aliphatic heterocycles. The number of urea groups is 1. The first kappa shape index (κ1) is 25.7. The van der Waals surface area contributed by atoms with E-state index in [1.165, 1.54) is 15.3 Å². The van der Waals surface area contributed by atoms with Gasteiger partial charge in [-0.05, 0) is 43.7 Å². The van der Waals surface area contributed by atoms with Crippen molar-refractivity contribution in [2.75, 3.05) is 32.1 Å². The molecule has 1 aliphatic rings. The van der Waals surface area contributed by atoms with Gasteiger partial charge in [0.1, 0.15) is 16.7 Å². The summed E-state index contributed by atoms with van der Waals surface area (Å²) >= 11 is 0. The van der Waals surface area contributed by atoms with Crippen LogP contribution >= 0.6 is 0 Å². The Balaban J connectivity index is 1.94. The molecular formula is C25H33N3O5S. The molecule has 0 spiro atoms. The van der Waals surface area contributed by atoms with E-state index in [1.54, 1.807) is 38.2 Å². The SMILES string of the molecule is C/C=C/c1ccc2c(c1)O[C@H](CN(C)C(=O)Nc1ccccc1)[C@@H](C)CN([C@@H](C)CO)S2(=O)=O. The number of ether oxygens (including phenoxy) is 1. The number of rotatable bonds is 6. The number of hydrogen-bond donors (Lipinski definition) is 2. The molecule has 2 aromatic carbocycles. The minimum Gasteiger partial charge on any atom is -0.487 e. The smallest absolute Gasteiger partial charge is 0.321 e. The Morgan fingerprint density at radius 1 is 1.29 bits per heavy atom. The molecule has 0 unspecified atom stereocenters. The third kappa shape index (κ3) is 5.78. The fourth-order valence-corrected chi connectivity index (χ4v) is 5.68. The van der Waals surface area contributed by atoms with Crippen LogP contribution in [0.3, 0.4) is 0 Å². The van der Waals surface area contributed by atoms with Crippen molar-refractivity contribution in [3.63, 3.8) is 0 Å². The Labute approximate surface area is 201 Å². The predicted molar refractivity (Wildman–Crippen MR) is 133 cm³/mol. The van der Waals surface area contributed by atoms with Gasteiger partial charge in [0.2, 0.25) is 10.0 Å². The molecule has 2 N–H and O–H groups in total. The van der Waals surface area contributed by atoms with Gasteiger partial charge in [0.15, 0.2) is 0 Å². The van der Waals surface area contributed by atoms with Gasteiger partial charge in [-0.2, -0.15) is 4.31 Å². The second kappa shape index (κ2) is 11.0. The maximum absolute atomic E-state index is 13.5. The molecule has 1 heterocycles. The maximum atomic E-state index is 13.5. The number of nitrogens with zero attached hydrogens (tertiary/aromatic N) is 2. The molecule has 2 amide bonds. The van der Waals surface area contributed by atoms with E-state index in [4.69, 9.17) is 4.74 Å². The summed E-state index contributed by atoms with van der Waals surface area (Å²) in [5.74, 6) is -0.0200. The van der Waals surface area contributed by atoms with Crippen molar-refractivity contribution in [1.82, 2.24) is 9.21 Å². The van der Waals surface area contributed by atoms with Crippen LogP contribution in [0.4, 0.5) is 10.5 Å². The molecule has 0 radical (unpaired) electrons. The van der Waals surface area contributed by atoms with E-state index in [9.17, 15) is 18.3 Å². The minimum absolute atomic E-state index is 0.0503. The third-order valence-electron chi connectivity index (χ3n) is 5.88. The van der Waals surface area contributed by atoms with Crippen LogP contribution in [-0.4, -0.2) is 67.7 Å². The fourth-order valence-electron chi connectivity index (χ4n) is 3.85. The molecule has 8 nitrogen and oxygen atoms in total. The molecule has 184 valence electrons. The zero-order valence-corrected chi connectivity index (χ0v) is 20.8. The van der Waals surface area contributed by atoms with E-state index < -0.39 is 22.2 Å². The number of aliphatic hydroxyl groups excluding tert-OH is 1. The molecule has 0 fully saturated rings. The summed E-state index contributed by atoms with van der Waals surface area (Å²) in [6, 6.07) is 13.2. The monoisotopic (exact) mass is 487 g/mol. The van der Waals surface area contributed by atoms with Gasteiger partial charge >= 0.3 is 6.03 Å². The Morgan fingerprint density at radius 2 is 2.00 bits per heavy atom. The zero-order chi connectivity index (χ0) is 24.9. The molecule has 9 heteroatoms. The highest BCUT2D eigenvalue weighted by Crippen LogP contribution is 2.34. The number of fused-ring (bicyclic) bond motifs is 1. The van der Waals surface area contributed by atoms with E-state index in [2.05, 4.69) is 5.32 Å². The van der Waals surface area contributed by atoms with E-state index in [0.717, 1.165) is 5.56 Å². The quantitative estimate of drug-likeness (QED) is 0.648. The van der Waals surface area contributed by atoms with Crippen LogP contribution in [0.25, 0.3) is 6.08 Å². The number of hydrogen-bond acceptors (Lipinski definition) is 5. The third-order valence-corrected chi connectivity index (χ3v) is 7.90. The van der Waals surface area contributed by atoms with E-state index in [0.29, 0.717) is 5.69 Å². The zero-order valence-electron chi connectivity index (χ0n) is 20.0. The molecular weight excluding hydrogens is 454 g/mol. The number of amides is 2. The van der Waals surface area contributed by atoms with Crippen molar-refractivity contribution in [3.8, 4) is 5.75 Å². The van der Waals surface area contributed by atoms with Gasteiger partial charge in [0.05, 0.1) is 13.2 Å². The molecule has 0 bridgehead atoms. The Kier molecular flexibility index (Phi) is 8.35. The van der Waals surface area contributed by atoms with Crippen LogP contribution in [0, 0.1) is 5.92 Å². The Bertz CT molecular complexity index is 1120. The van der Waals surface area contributed by atoms with Gasteiger partial charge in [-0.3, -0.25) is 0 Å². The van der Waals surface area contributed by atoms with Gasteiger partial charge < -0.3 is 20.1 Å². The lowest BCUT2D eigenvalue weighted by Gasteiger charge is -2.37. The molecule has 0 saturated carbocycles. The predicted octanol–water partition coefficient (Wildman–Crippen LogP) is 3.65. The van der Waals surface area contributed by atoms with Crippen LogP contribution in [0.5, 0.6) is 5.75 Å². The van der Waals surface area contributed by atoms with E-state index in [-0.39, 0.29) is 42.3 Å². The summed E-state index contributed by atoms with van der Waals surface area (Å²) in [5, 5.41) is 12.6. The highest BCUT2D eigenvalue weighted by atomic mass is 32.2. The Morgan fingerprint density at radius 3 is 2.65 bits per heavy atom. The van der Waals surface area contributed by atoms with Gasteiger partial charge in [0.25, 0.3) is 0 Å². The highest BCUT2D eigenvalue weighted by molar-refractivity contribution is 7.89. The Hall–Kier alpha value is -2.88. The molecule has 3 rings (SSSR count). The van der Waals surface area contributed by atoms with Crippen molar-refractivity contribution in [2.45, 2.75) is 37.8 Å². The molecule has 0 saturated heterocycles. The first-order valence-electron chi connectivity index (χ1n) is 11.3. The number of anilines is 1. The number of sulfonamides is 1. The number of carbonyl (C=O) groups excluding carboxylic acids is 1. The number of likely N-dealkylation sites (N-methyl/N-ethyl adjacent to an activating group) is 1. The van der Waals surface area contributed by atoms with E-state index >= 15 is 0 Å². The van der Waals surface area contributed by atoms with Gasteiger partial charge in [-0.25, -0.2) is 13.2 Å². The summed E-state index contributed by atoms with van der Waals surface area (Å²) in [4.78, 5) is 14.3. The van der Waals surface area contributed by atoms with Crippen LogP contribution in [0.2, 0.25) is 0 Å². The van der Waals surface area contributed by atoms with Crippen molar-refractivity contribution in [2.24, 2.45) is 5.92 Å². The summed E-state index contributed by atoms with van der Waals surface area (Å²) < 4.78 is 34.6. The van der Waals surface area contributed by atoms with E-state index in [1.807, 2.05) is 44.2 Å². The number of carbonyl (C=O) groups is 1. The first-order valence-corrected chi connectivity index (χ1v) is 12.7. The van der Waals surface area contributed by atoms with Crippen LogP contribution in [0.1, 0.15) is 26.3 Å².